The number of hydrogen-bond acceptors (Lipinski definition) is 6. The molecule has 0 unspecified atom stereocenters. The normalized spacial score (nSPS) is 25.9. The molecule has 3 aliphatic rings. The highest BCUT2D eigenvalue weighted by molar-refractivity contribution is 6.30. The molecular weight excluding hydrogens is 484 g/mol. The van der Waals surface area contributed by atoms with Crippen LogP contribution in [0.2, 0.25) is 5.02 Å². The Morgan fingerprint density at radius 2 is 1.94 bits per heavy atom. The molecule has 2 aromatic rings. The van der Waals surface area contributed by atoms with Gasteiger partial charge in [-0.25, -0.2) is 0 Å². The van der Waals surface area contributed by atoms with E-state index >= 15 is 0 Å². The zero-order chi connectivity index (χ0) is 25.1. The molecule has 9 heteroatoms. The molecule has 3 aliphatic heterocycles. The predicted molar refractivity (Wildman–Crippen MR) is 134 cm³/mol. The number of halogens is 1. The van der Waals surface area contributed by atoms with Gasteiger partial charge >= 0.3 is 0 Å². The molecule has 2 aromatic carbocycles. The number of nitrogens with one attached hydrogen (secondary N) is 2. The standard InChI is InChI=1S/C27H31ClN2O6/c28-17-3-1-16(2-4-17)14-29-25(32)13-20-12-22-21-11-18(30-27(33)26(22)24(15-31)36-20)5-6-23(21)35-19-7-9-34-10-8-19/h1-6,11,19-20,22,24,26,31H,7-10,12-15H2,(H,29,32)(H,30,33)/t20-,22-,24+,26+/m0/s1. The van der Waals surface area contributed by atoms with Crippen LogP contribution in [0.5, 0.6) is 5.75 Å². The van der Waals surface area contributed by atoms with E-state index in [0.29, 0.717) is 36.9 Å². The fourth-order valence-corrected chi connectivity index (χ4v) is 5.47. The van der Waals surface area contributed by atoms with Crippen molar-refractivity contribution in [1.82, 2.24) is 5.32 Å². The van der Waals surface area contributed by atoms with E-state index in [-0.39, 0.29) is 36.9 Å². The molecule has 4 atom stereocenters. The largest absolute Gasteiger partial charge is 0.490 e. The van der Waals surface area contributed by atoms with E-state index in [1.807, 2.05) is 30.3 Å². The topological polar surface area (TPSA) is 106 Å². The molecule has 0 saturated carbocycles. The van der Waals surface area contributed by atoms with Gasteiger partial charge in [0.05, 0.1) is 44.4 Å². The molecule has 0 aliphatic carbocycles. The fourth-order valence-electron chi connectivity index (χ4n) is 5.34. The molecule has 2 bridgehead atoms. The lowest BCUT2D eigenvalue weighted by atomic mass is 9.76. The highest BCUT2D eigenvalue weighted by Crippen LogP contribution is 2.46. The molecule has 0 radical (unpaired) electrons. The first-order valence-corrected chi connectivity index (χ1v) is 12.8. The van der Waals surface area contributed by atoms with Gasteiger partial charge in [-0.05, 0) is 42.3 Å². The van der Waals surface area contributed by atoms with Crippen LogP contribution >= 0.6 is 11.6 Å². The summed E-state index contributed by atoms with van der Waals surface area (Å²) < 4.78 is 17.9. The van der Waals surface area contributed by atoms with Crippen molar-refractivity contribution in [2.45, 2.75) is 56.5 Å². The summed E-state index contributed by atoms with van der Waals surface area (Å²) in [5, 5.41) is 16.6. The van der Waals surface area contributed by atoms with E-state index in [9.17, 15) is 14.7 Å². The van der Waals surface area contributed by atoms with Crippen LogP contribution in [0.25, 0.3) is 0 Å². The van der Waals surface area contributed by atoms with Gasteiger partial charge in [0.1, 0.15) is 11.9 Å². The zero-order valence-corrected chi connectivity index (χ0v) is 20.7. The van der Waals surface area contributed by atoms with Crippen molar-refractivity contribution in [2.24, 2.45) is 5.92 Å². The summed E-state index contributed by atoms with van der Waals surface area (Å²) in [5.74, 6) is -0.442. The van der Waals surface area contributed by atoms with Gasteiger partial charge in [-0.15, -0.1) is 0 Å². The molecule has 3 heterocycles. The van der Waals surface area contributed by atoms with Gasteiger partial charge < -0.3 is 30.0 Å². The minimum absolute atomic E-state index is 0.0501. The molecular formula is C27H31ClN2O6. The second kappa shape index (κ2) is 11.2. The fraction of sp³-hybridized carbons (Fsp3) is 0.481. The summed E-state index contributed by atoms with van der Waals surface area (Å²) in [7, 11) is 0. The highest BCUT2D eigenvalue weighted by Gasteiger charge is 2.46. The summed E-state index contributed by atoms with van der Waals surface area (Å²) in [6, 6.07) is 13.0. The van der Waals surface area contributed by atoms with Crippen LogP contribution in [0.3, 0.4) is 0 Å². The number of carbonyl (C=O) groups excluding carboxylic acids is 2. The number of carbonyl (C=O) groups is 2. The van der Waals surface area contributed by atoms with E-state index in [0.717, 1.165) is 29.7 Å². The summed E-state index contributed by atoms with van der Waals surface area (Å²) in [6.45, 7) is 1.39. The number of benzene rings is 2. The van der Waals surface area contributed by atoms with E-state index in [4.69, 9.17) is 25.8 Å². The molecule has 8 nitrogen and oxygen atoms in total. The monoisotopic (exact) mass is 514 g/mol. The Balaban J connectivity index is 1.32. The highest BCUT2D eigenvalue weighted by atomic mass is 35.5. The van der Waals surface area contributed by atoms with Gasteiger partial charge in [0.15, 0.2) is 0 Å². The van der Waals surface area contributed by atoms with Gasteiger partial charge in [0.25, 0.3) is 0 Å². The second-order valence-corrected chi connectivity index (χ2v) is 10.1. The summed E-state index contributed by atoms with van der Waals surface area (Å²) in [5.41, 5.74) is 2.55. The van der Waals surface area contributed by atoms with Crippen LogP contribution in [0, 0.1) is 5.92 Å². The van der Waals surface area contributed by atoms with Crippen molar-refractivity contribution in [3.63, 3.8) is 0 Å². The smallest absolute Gasteiger partial charge is 0.230 e. The number of aliphatic hydroxyl groups excluding tert-OH is 1. The van der Waals surface area contributed by atoms with E-state index in [1.54, 1.807) is 12.1 Å². The summed E-state index contributed by atoms with van der Waals surface area (Å²) in [4.78, 5) is 25.9. The summed E-state index contributed by atoms with van der Waals surface area (Å²) in [6.07, 6.45) is 1.11. The minimum Gasteiger partial charge on any atom is -0.490 e. The van der Waals surface area contributed by atoms with Gasteiger partial charge in [-0.1, -0.05) is 23.7 Å². The number of anilines is 1. The van der Waals surface area contributed by atoms with Gasteiger partial charge in [-0.3, -0.25) is 9.59 Å². The van der Waals surface area contributed by atoms with Crippen LogP contribution in [0.1, 0.15) is 42.7 Å². The van der Waals surface area contributed by atoms with Crippen molar-refractivity contribution in [1.29, 1.82) is 0 Å². The Hall–Kier alpha value is -2.65. The second-order valence-electron chi connectivity index (χ2n) is 9.63. The molecule has 2 saturated heterocycles. The number of rotatable bonds is 7. The van der Waals surface area contributed by atoms with Crippen molar-refractivity contribution >= 4 is 29.1 Å². The Morgan fingerprint density at radius 1 is 1.17 bits per heavy atom. The molecule has 2 fully saturated rings. The van der Waals surface area contributed by atoms with Crippen LogP contribution in [0.4, 0.5) is 5.69 Å². The first-order valence-electron chi connectivity index (χ1n) is 12.5. The lowest BCUT2D eigenvalue weighted by molar-refractivity contribution is -0.148. The molecule has 192 valence electrons. The maximum Gasteiger partial charge on any atom is 0.230 e. The maximum absolute atomic E-state index is 13.1. The van der Waals surface area contributed by atoms with Gasteiger partial charge in [-0.2, -0.15) is 0 Å². The third-order valence-corrected chi connectivity index (χ3v) is 7.41. The van der Waals surface area contributed by atoms with E-state index in [2.05, 4.69) is 10.6 Å². The van der Waals surface area contributed by atoms with Crippen molar-refractivity contribution < 1.29 is 28.9 Å². The number of fused-ring (bicyclic) bond motifs is 4. The van der Waals surface area contributed by atoms with E-state index < -0.39 is 18.1 Å². The number of ether oxygens (including phenoxy) is 3. The molecule has 2 amide bonds. The SMILES string of the molecule is O=C(C[C@@H]1C[C@H]2c3cc(ccc3OC3CCOCC3)NC(=O)[C@H]2[C@@H](CO)O1)NCc1ccc(Cl)cc1. The molecule has 36 heavy (non-hydrogen) atoms. The average molecular weight is 515 g/mol. The van der Waals surface area contributed by atoms with Crippen molar-refractivity contribution in [2.75, 3.05) is 25.1 Å². The van der Waals surface area contributed by atoms with E-state index in [1.165, 1.54) is 0 Å². The molecule has 0 spiro atoms. The predicted octanol–water partition coefficient (Wildman–Crippen LogP) is 3.41. The number of hydrogen-bond donors (Lipinski definition) is 3. The summed E-state index contributed by atoms with van der Waals surface area (Å²) >= 11 is 5.93. The number of amides is 2. The Kier molecular flexibility index (Phi) is 7.76. The molecule has 0 aromatic heterocycles. The Labute approximate surface area is 215 Å². The Morgan fingerprint density at radius 3 is 2.69 bits per heavy atom. The zero-order valence-electron chi connectivity index (χ0n) is 20.0. The van der Waals surface area contributed by atoms with Crippen LogP contribution in [-0.2, 0) is 25.6 Å². The van der Waals surface area contributed by atoms with Crippen LogP contribution in [-0.4, -0.2) is 55.1 Å². The third kappa shape index (κ3) is 5.67. The first-order chi connectivity index (χ1) is 17.5. The minimum atomic E-state index is -0.719. The third-order valence-electron chi connectivity index (χ3n) is 7.16. The van der Waals surface area contributed by atoms with Crippen LogP contribution < -0.4 is 15.4 Å². The Bertz CT molecular complexity index is 1090. The van der Waals surface area contributed by atoms with Crippen molar-refractivity contribution in [3.05, 3.63) is 58.6 Å². The lowest BCUT2D eigenvalue weighted by Gasteiger charge is -2.40. The first kappa shape index (κ1) is 25.0. The van der Waals surface area contributed by atoms with Crippen molar-refractivity contribution in [3.8, 4) is 5.75 Å². The lowest BCUT2D eigenvalue weighted by Crippen LogP contribution is -2.48. The molecule has 5 rings (SSSR count). The molecule has 3 N–H and O–H groups in total. The quantitative estimate of drug-likeness (QED) is 0.523. The maximum atomic E-state index is 13.1. The van der Waals surface area contributed by atoms with Crippen LogP contribution in [0.15, 0.2) is 42.5 Å². The van der Waals surface area contributed by atoms with Gasteiger partial charge in [0.2, 0.25) is 11.8 Å². The van der Waals surface area contributed by atoms with Gasteiger partial charge in [0, 0.05) is 41.6 Å². The average Bonchev–Trinajstić information content (AvgIpc) is 2.99. The number of aliphatic hydroxyl groups is 1.